The predicted molar refractivity (Wildman–Crippen MR) is 94.8 cm³/mol. The van der Waals surface area contributed by atoms with Gasteiger partial charge in [-0.2, -0.15) is 0 Å². The molecule has 6 heteroatoms. The van der Waals surface area contributed by atoms with Gasteiger partial charge in [0, 0.05) is 19.6 Å². The van der Waals surface area contributed by atoms with E-state index in [0.29, 0.717) is 31.5 Å². The number of sulfonamides is 1. The van der Waals surface area contributed by atoms with E-state index < -0.39 is 10.0 Å². The highest BCUT2D eigenvalue weighted by molar-refractivity contribution is 7.88. The van der Waals surface area contributed by atoms with E-state index in [2.05, 4.69) is 25.7 Å². The molecule has 0 N–H and O–H groups in total. The number of hydrogen-bond acceptors (Lipinski definition) is 3. The molecule has 0 spiro atoms. The lowest BCUT2D eigenvalue weighted by molar-refractivity contribution is 0.180. The maximum atomic E-state index is 11.8. The molecule has 0 saturated carbocycles. The summed E-state index contributed by atoms with van der Waals surface area (Å²) in [7, 11) is -2.94. The lowest BCUT2D eigenvalue weighted by Crippen LogP contribution is -2.38. The normalized spacial score (nSPS) is 22.9. The van der Waals surface area contributed by atoms with Crippen LogP contribution in [0, 0.1) is 17.8 Å². The Labute approximate surface area is 142 Å². The maximum absolute atomic E-state index is 11.8. The molecule has 2 aliphatic rings. The van der Waals surface area contributed by atoms with E-state index in [4.69, 9.17) is 0 Å². The Morgan fingerprint density at radius 2 is 1.57 bits per heavy atom. The van der Waals surface area contributed by atoms with Crippen molar-refractivity contribution in [1.29, 1.82) is 0 Å². The number of likely N-dealkylation sites (tertiary alicyclic amines) is 1. The highest BCUT2D eigenvalue weighted by Gasteiger charge is 2.26. The largest absolute Gasteiger partial charge is 0.301 e. The topological polar surface area (TPSA) is 40.6 Å². The van der Waals surface area contributed by atoms with Crippen LogP contribution in [0.15, 0.2) is 0 Å². The van der Waals surface area contributed by atoms with Crippen molar-refractivity contribution in [2.75, 3.05) is 45.7 Å². The van der Waals surface area contributed by atoms with Gasteiger partial charge in [0.1, 0.15) is 6.67 Å². The van der Waals surface area contributed by atoms with E-state index in [0.717, 1.165) is 31.8 Å². The second-order valence-corrected chi connectivity index (χ2v) is 9.44. The number of piperidine rings is 2. The number of alkyl halides is 1. The van der Waals surface area contributed by atoms with Crippen LogP contribution in [0.3, 0.4) is 0 Å². The van der Waals surface area contributed by atoms with Gasteiger partial charge in [-0.05, 0) is 56.5 Å². The van der Waals surface area contributed by atoms with Crippen LogP contribution in [0.4, 0.5) is 4.39 Å². The molecule has 0 aromatic carbocycles. The molecule has 0 aromatic rings. The minimum absolute atomic E-state index is 0.186. The van der Waals surface area contributed by atoms with Gasteiger partial charge in [0.25, 0.3) is 0 Å². The fraction of sp³-hybridized carbons (Fsp3) is 1.00. The summed E-state index contributed by atoms with van der Waals surface area (Å²) in [5.74, 6) is 2.25. The van der Waals surface area contributed by atoms with Crippen LogP contribution >= 0.6 is 0 Å². The molecular formula is C17H35FN2O2S. The first-order valence-corrected chi connectivity index (χ1v) is 10.8. The monoisotopic (exact) mass is 350 g/mol. The standard InChI is InChI=1S/C9H19NO2S.C8H16FN/c1-8(2)9-4-6-10(7-5-9)13(3,11)12;1-8-2-5-10(6-3-8)7-4-9/h8-9H,4-7H2,1-3H3;8H,2-7H2,1H3. The number of nitrogens with zero attached hydrogens (tertiary/aromatic N) is 2. The Balaban J connectivity index is 0.000000238. The van der Waals surface area contributed by atoms with Crippen molar-refractivity contribution < 1.29 is 12.8 Å². The smallest absolute Gasteiger partial charge is 0.211 e. The summed E-state index contributed by atoms with van der Waals surface area (Å²) in [6.07, 6.45) is 5.83. The molecule has 2 rings (SSSR count). The third kappa shape index (κ3) is 7.94. The van der Waals surface area contributed by atoms with Crippen LogP contribution in [-0.2, 0) is 10.0 Å². The zero-order chi connectivity index (χ0) is 17.5. The van der Waals surface area contributed by atoms with E-state index in [1.54, 1.807) is 4.31 Å². The van der Waals surface area contributed by atoms with Crippen molar-refractivity contribution in [3.63, 3.8) is 0 Å². The molecule has 2 heterocycles. The Bertz CT molecular complexity index is 412. The van der Waals surface area contributed by atoms with Crippen molar-refractivity contribution in [2.45, 2.75) is 46.5 Å². The van der Waals surface area contributed by atoms with Gasteiger partial charge in [0.15, 0.2) is 0 Å². The van der Waals surface area contributed by atoms with Crippen LogP contribution in [0.1, 0.15) is 46.5 Å². The third-order valence-electron chi connectivity index (χ3n) is 5.19. The molecule has 0 unspecified atom stereocenters. The Kier molecular flexibility index (Phi) is 9.01. The van der Waals surface area contributed by atoms with Gasteiger partial charge in [0.2, 0.25) is 10.0 Å². The summed E-state index contributed by atoms with van der Waals surface area (Å²) >= 11 is 0. The molecule has 4 nitrogen and oxygen atoms in total. The van der Waals surface area contributed by atoms with Crippen molar-refractivity contribution in [3.8, 4) is 0 Å². The highest BCUT2D eigenvalue weighted by Crippen LogP contribution is 2.25. The third-order valence-corrected chi connectivity index (χ3v) is 6.49. The summed E-state index contributed by atoms with van der Waals surface area (Å²) in [4.78, 5) is 2.21. The van der Waals surface area contributed by atoms with Gasteiger partial charge in [0.05, 0.1) is 6.26 Å². The molecule has 2 fully saturated rings. The first kappa shape index (κ1) is 20.8. The van der Waals surface area contributed by atoms with E-state index in [1.807, 2.05) is 0 Å². The SMILES string of the molecule is CC(C)C1CCN(S(C)(=O)=O)CC1.CC1CCN(CCF)CC1. The number of halogens is 1. The molecule has 23 heavy (non-hydrogen) atoms. The van der Waals surface area contributed by atoms with Gasteiger partial charge in [-0.3, -0.25) is 0 Å². The minimum atomic E-state index is -2.94. The first-order valence-electron chi connectivity index (χ1n) is 8.97. The van der Waals surface area contributed by atoms with Crippen LogP contribution in [0.5, 0.6) is 0 Å². The fourth-order valence-corrected chi connectivity index (χ4v) is 4.15. The van der Waals surface area contributed by atoms with E-state index >= 15 is 0 Å². The highest BCUT2D eigenvalue weighted by atomic mass is 32.2. The van der Waals surface area contributed by atoms with Gasteiger partial charge >= 0.3 is 0 Å². The second-order valence-electron chi connectivity index (χ2n) is 7.46. The molecular weight excluding hydrogens is 315 g/mol. The minimum Gasteiger partial charge on any atom is -0.301 e. The molecule has 0 aliphatic carbocycles. The molecule has 138 valence electrons. The molecule has 0 aromatic heterocycles. The quantitative estimate of drug-likeness (QED) is 0.782. The summed E-state index contributed by atoms with van der Waals surface area (Å²) in [5.41, 5.74) is 0. The molecule has 0 bridgehead atoms. The zero-order valence-corrected chi connectivity index (χ0v) is 16.1. The zero-order valence-electron chi connectivity index (χ0n) is 15.3. The Morgan fingerprint density at radius 1 is 1.04 bits per heavy atom. The maximum Gasteiger partial charge on any atom is 0.211 e. The Morgan fingerprint density at radius 3 is 1.96 bits per heavy atom. The van der Waals surface area contributed by atoms with E-state index in [-0.39, 0.29) is 6.67 Å². The summed E-state index contributed by atoms with van der Waals surface area (Å²) in [5, 5.41) is 0. The van der Waals surface area contributed by atoms with Crippen LogP contribution < -0.4 is 0 Å². The Hall–Kier alpha value is -0.200. The van der Waals surface area contributed by atoms with Crippen molar-refractivity contribution >= 4 is 10.0 Å². The number of hydrogen-bond donors (Lipinski definition) is 0. The van der Waals surface area contributed by atoms with Crippen molar-refractivity contribution in [2.24, 2.45) is 17.8 Å². The van der Waals surface area contributed by atoms with Gasteiger partial charge in [-0.15, -0.1) is 0 Å². The molecule has 0 amide bonds. The second kappa shape index (κ2) is 9.94. The fourth-order valence-electron chi connectivity index (χ4n) is 3.28. The van der Waals surface area contributed by atoms with Gasteiger partial charge < -0.3 is 4.90 Å². The molecule has 0 radical (unpaired) electrons. The van der Waals surface area contributed by atoms with Crippen LogP contribution in [-0.4, -0.2) is 63.3 Å². The van der Waals surface area contributed by atoms with Crippen molar-refractivity contribution in [3.05, 3.63) is 0 Å². The average molecular weight is 351 g/mol. The molecule has 2 saturated heterocycles. The lowest BCUT2D eigenvalue weighted by Gasteiger charge is -2.32. The number of rotatable bonds is 4. The van der Waals surface area contributed by atoms with Crippen molar-refractivity contribution in [1.82, 2.24) is 9.21 Å². The average Bonchev–Trinajstić information content (AvgIpc) is 2.50. The van der Waals surface area contributed by atoms with Gasteiger partial charge in [-0.25, -0.2) is 17.1 Å². The van der Waals surface area contributed by atoms with Crippen LogP contribution in [0.25, 0.3) is 0 Å². The lowest BCUT2D eigenvalue weighted by atomic mass is 9.87. The molecule has 2 aliphatic heterocycles. The summed E-state index contributed by atoms with van der Waals surface area (Å²) in [6, 6.07) is 0. The van der Waals surface area contributed by atoms with Gasteiger partial charge in [-0.1, -0.05) is 20.8 Å². The summed E-state index contributed by atoms with van der Waals surface area (Å²) < 4.78 is 35.8. The molecule has 0 atom stereocenters. The predicted octanol–water partition coefficient (Wildman–Crippen LogP) is 3.00. The van der Waals surface area contributed by atoms with Crippen LogP contribution in [0.2, 0.25) is 0 Å². The summed E-state index contributed by atoms with van der Waals surface area (Å²) in [6.45, 7) is 10.8. The van der Waals surface area contributed by atoms with E-state index in [1.165, 1.54) is 19.1 Å². The first-order chi connectivity index (χ1) is 10.7. The van der Waals surface area contributed by atoms with E-state index in [9.17, 15) is 12.8 Å².